The average Bonchev–Trinajstić information content (AvgIpc) is 2.82. The van der Waals surface area contributed by atoms with E-state index in [0.29, 0.717) is 0 Å². The van der Waals surface area contributed by atoms with E-state index >= 15 is 0 Å². The summed E-state index contributed by atoms with van der Waals surface area (Å²) in [5, 5.41) is 10.4. The normalized spacial score (nSPS) is 11.6. The molecule has 1 nitrogen and oxygen atoms in total. The van der Waals surface area contributed by atoms with Gasteiger partial charge in [0.1, 0.15) is 5.75 Å². The Hall–Kier alpha value is -4.10. The minimum atomic E-state index is 0.247. The van der Waals surface area contributed by atoms with Crippen LogP contribution in [0, 0.1) is 0 Å². The summed E-state index contributed by atoms with van der Waals surface area (Å²) in [4.78, 5) is 0. The Labute approximate surface area is 184 Å². The molecule has 0 aliphatic heterocycles. The van der Waals surface area contributed by atoms with Crippen LogP contribution in [0.2, 0.25) is 0 Å². The van der Waals surface area contributed by atoms with Gasteiger partial charge in [0.05, 0.1) is 0 Å². The molecule has 0 saturated heterocycles. The third-order valence-corrected chi connectivity index (χ3v) is 4.98. The van der Waals surface area contributed by atoms with Crippen molar-refractivity contribution >= 4 is 36.5 Å². The zero-order valence-electron chi connectivity index (χ0n) is 17.2. The molecule has 31 heavy (non-hydrogen) atoms. The Morgan fingerprint density at radius 3 is 1.16 bits per heavy atom. The minimum Gasteiger partial charge on any atom is -0.508 e. The Morgan fingerprint density at radius 1 is 0.419 bits per heavy atom. The number of aromatic hydroxyl groups is 1. The van der Waals surface area contributed by atoms with Crippen LogP contribution < -0.4 is 0 Å². The van der Waals surface area contributed by atoms with Gasteiger partial charge in [0.15, 0.2) is 0 Å². The molecule has 0 radical (unpaired) electrons. The van der Waals surface area contributed by atoms with Gasteiger partial charge in [0.25, 0.3) is 0 Å². The van der Waals surface area contributed by atoms with Crippen molar-refractivity contribution in [2.24, 2.45) is 0 Å². The summed E-state index contributed by atoms with van der Waals surface area (Å²) >= 11 is 0. The second kappa shape index (κ2) is 10.1. The van der Waals surface area contributed by atoms with Crippen LogP contribution in [0.5, 0.6) is 5.75 Å². The summed E-state index contributed by atoms with van der Waals surface area (Å²) in [5.74, 6) is 0.247. The lowest BCUT2D eigenvalue weighted by Crippen LogP contribution is -1.88. The van der Waals surface area contributed by atoms with Crippen LogP contribution >= 0.6 is 0 Å². The van der Waals surface area contributed by atoms with E-state index in [2.05, 4.69) is 72.9 Å². The van der Waals surface area contributed by atoms with Gasteiger partial charge in [-0.15, -0.1) is 0 Å². The van der Waals surface area contributed by atoms with Gasteiger partial charge < -0.3 is 5.11 Å². The number of hydrogen-bond donors (Lipinski definition) is 1. The van der Waals surface area contributed by atoms with Gasteiger partial charge in [-0.2, -0.15) is 0 Å². The Morgan fingerprint density at radius 2 is 0.774 bits per heavy atom. The lowest BCUT2D eigenvalue weighted by molar-refractivity contribution is 0.475. The molecule has 0 bridgehead atoms. The van der Waals surface area contributed by atoms with Crippen molar-refractivity contribution in [2.45, 2.75) is 0 Å². The second-order valence-corrected chi connectivity index (χ2v) is 7.27. The smallest absolute Gasteiger partial charge is 0.116 e. The molecular weight excluding hydrogens is 376 g/mol. The molecule has 4 aromatic carbocycles. The van der Waals surface area contributed by atoms with E-state index < -0.39 is 0 Å². The third kappa shape index (κ3) is 5.71. The first-order valence-corrected chi connectivity index (χ1v) is 10.3. The molecule has 1 N–H and O–H groups in total. The standard InChI is InChI=1S/C30H24O/c31-29-22-27(19-16-24-10-4-1-5-11-24)30(21-18-26-14-8-3-9-15-26)28(23-29)20-17-25-12-6-2-7-13-25/h1-23,31H/b19-16+,20-17+,21-18+. The van der Waals surface area contributed by atoms with Crippen LogP contribution in [0.4, 0.5) is 0 Å². The number of phenols is 1. The monoisotopic (exact) mass is 400 g/mol. The van der Waals surface area contributed by atoms with Crippen molar-refractivity contribution in [2.75, 3.05) is 0 Å². The zero-order valence-corrected chi connectivity index (χ0v) is 17.2. The quantitative estimate of drug-likeness (QED) is 0.326. The van der Waals surface area contributed by atoms with Gasteiger partial charge in [-0.1, -0.05) is 127 Å². The van der Waals surface area contributed by atoms with E-state index in [1.54, 1.807) is 0 Å². The molecule has 0 aliphatic carbocycles. The Bertz CT molecular complexity index is 1130. The molecule has 0 aromatic heterocycles. The van der Waals surface area contributed by atoms with Gasteiger partial charge in [0.2, 0.25) is 0 Å². The number of rotatable bonds is 6. The van der Waals surface area contributed by atoms with Gasteiger partial charge in [0, 0.05) is 0 Å². The van der Waals surface area contributed by atoms with E-state index in [1.807, 2.05) is 66.7 Å². The molecule has 0 unspecified atom stereocenters. The molecular formula is C30H24O. The van der Waals surface area contributed by atoms with Gasteiger partial charge >= 0.3 is 0 Å². The van der Waals surface area contributed by atoms with Gasteiger partial charge in [-0.25, -0.2) is 0 Å². The molecule has 0 atom stereocenters. The SMILES string of the molecule is Oc1cc(/C=C/c2ccccc2)c(/C=C/c2ccccc2)c(/C=C/c2ccccc2)c1. The largest absolute Gasteiger partial charge is 0.508 e. The predicted octanol–water partition coefficient (Wildman–Crippen LogP) is 7.90. The Kier molecular flexibility index (Phi) is 6.57. The van der Waals surface area contributed by atoms with Crippen molar-refractivity contribution in [1.29, 1.82) is 0 Å². The summed E-state index contributed by atoms with van der Waals surface area (Å²) in [5.41, 5.74) is 6.34. The molecule has 150 valence electrons. The number of phenolic OH excluding ortho intramolecular Hbond substituents is 1. The van der Waals surface area contributed by atoms with Gasteiger partial charge in [-0.05, 0) is 45.5 Å². The fraction of sp³-hybridized carbons (Fsp3) is 0. The van der Waals surface area contributed by atoms with E-state index in [4.69, 9.17) is 0 Å². The average molecular weight is 401 g/mol. The molecule has 0 saturated carbocycles. The highest BCUT2D eigenvalue weighted by atomic mass is 16.3. The highest BCUT2D eigenvalue weighted by Gasteiger charge is 2.06. The van der Waals surface area contributed by atoms with Crippen LogP contribution in [0.3, 0.4) is 0 Å². The summed E-state index contributed by atoms with van der Waals surface area (Å²) in [6.07, 6.45) is 12.5. The van der Waals surface area contributed by atoms with Crippen molar-refractivity contribution in [3.05, 3.63) is 137 Å². The van der Waals surface area contributed by atoms with Crippen molar-refractivity contribution < 1.29 is 5.11 Å². The van der Waals surface area contributed by atoms with E-state index in [1.165, 1.54) is 0 Å². The maximum atomic E-state index is 10.4. The third-order valence-electron chi connectivity index (χ3n) is 4.98. The first-order chi connectivity index (χ1) is 15.3. The summed E-state index contributed by atoms with van der Waals surface area (Å²) < 4.78 is 0. The maximum absolute atomic E-state index is 10.4. The number of benzene rings is 4. The molecule has 1 heteroatoms. The highest BCUT2D eigenvalue weighted by Crippen LogP contribution is 2.28. The van der Waals surface area contributed by atoms with Crippen molar-refractivity contribution in [1.82, 2.24) is 0 Å². The first-order valence-electron chi connectivity index (χ1n) is 10.3. The van der Waals surface area contributed by atoms with E-state index in [9.17, 15) is 5.11 Å². The van der Waals surface area contributed by atoms with Crippen molar-refractivity contribution in [3.63, 3.8) is 0 Å². The highest BCUT2D eigenvalue weighted by molar-refractivity contribution is 5.86. The van der Waals surface area contributed by atoms with E-state index in [0.717, 1.165) is 33.4 Å². The van der Waals surface area contributed by atoms with Crippen LogP contribution in [-0.4, -0.2) is 5.11 Å². The molecule has 4 aromatic rings. The van der Waals surface area contributed by atoms with Crippen LogP contribution in [0.1, 0.15) is 33.4 Å². The lowest BCUT2D eigenvalue weighted by Gasteiger charge is -2.09. The Balaban J connectivity index is 1.77. The second-order valence-electron chi connectivity index (χ2n) is 7.27. The predicted molar refractivity (Wildman–Crippen MR) is 134 cm³/mol. The molecule has 0 fully saturated rings. The molecule has 0 aliphatic rings. The van der Waals surface area contributed by atoms with Crippen molar-refractivity contribution in [3.8, 4) is 5.75 Å². The van der Waals surface area contributed by atoms with Crippen LogP contribution in [-0.2, 0) is 0 Å². The summed E-state index contributed by atoms with van der Waals surface area (Å²) in [6, 6.07) is 34.2. The van der Waals surface area contributed by atoms with Crippen LogP contribution in [0.15, 0.2) is 103 Å². The van der Waals surface area contributed by atoms with Crippen LogP contribution in [0.25, 0.3) is 36.5 Å². The fourth-order valence-electron chi connectivity index (χ4n) is 3.39. The fourth-order valence-corrected chi connectivity index (χ4v) is 3.39. The summed E-state index contributed by atoms with van der Waals surface area (Å²) in [6.45, 7) is 0. The maximum Gasteiger partial charge on any atom is 0.116 e. The molecule has 0 spiro atoms. The first kappa shape index (κ1) is 20.2. The summed E-state index contributed by atoms with van der Waals surface area (Å²) in [7, 11) is 0. The van der Waals surface area contributed by atoms with Gasteiger partial charge in [-0.3, -0.25) is 0 Å². The van der Waals surface area contributed by atoms with E-state index in [-0.39, 0.29) is 5.75 Å². The molecule has 4 rings (SSSR count). The minimum absolute atomic E-state index is 0.247. The molecule has 0 amide bonds. The molecule has 0 heterocycles. The lowest BCUT2D eigenvalue weighted by atomic mass is 9.97. The zero-order chi connectivity index (χ0) is 21.3. The number of hydrogen-bond acceptors (Lipinski definition) is 1. The topological polar surface area (TPSA) is 20.2 Å².